The minimum atomic E-state index is -0.733. The molecule has 3 rings (SSSR count). The lowest BCUT2D eigenvalue weighted by molar-refractivity contribution is -0.127. The van der Waals surface area contributed by atoms with E-state index in [-0.39, 0.29) is 17.7 Å². The van der Waals surface area contributed by atoms with E-state index >= 15 is 0 Å². The Bertz CT molecular complexity index is 646. The molecule has 114 valence electrons. The van der Waals surface area contributed by atoms with E-state index < -0.39 is 5.41 Å². The Balaban J connectivity index is 2.02. The van der Waals surface area contributed by atoms with Gasteiger partial charge in [0.25, 0.3) is 0 Å². The number of rotatable bonds is 5. The van der Waals surface area contributed by atoms with Crippen LogP contribution >= 0.6 is 0 Å². The molecule has 0 spiro atoms. The molecular weight excluding hydrogens is 274 g/mol. The minimum absolute atomic E-state index is 0.0325. The van der Waals surface area contributed by atoms with Gasteiger partial charge in [0, 0.05) is 19.0 Å². The smallest absolute Gasteiger partial charge is 0.233 e. The summed E-state index contributed by atoms with van der Waals surface area (Å²) in [5.41, 5.74) is 0.339. The maximum Gasteiger partial charge on any atom is 0.233 e. The molecule has 0 N–H and O–H groups in total. The molecule has 1 saturated heterocycles. The summed E-state index contributed by atoms with van der Waals surface area (Å²) < 4.78 is 0. The SMILES string of the molecule is CCCN=C1N(CCC)C(=O)[C@@H]2[C@@H](c3ccccc3)[C@]12C#N. The molecule has 1 heterocycles. The zero-order valence-electron chi connectivity index (χ0n) is 13.1. The van der Waals surface area contributed by atoms with Crippen LogP contribution in [0.25, 0.3) is 0 Å². The number of carbonyl (C=O) groups excluding carboxylic acids is 1. The molecule has 0 aromatic heterocycles. The Kier molecular flexibility index (Phi) is 3.74. The van der Waals surface area contributed by atoms with Crippen LogP contribution in [0.5, 0.6) is 0 Å². The fourth-order valence-electron chi connectivity index (χ4n) is 3.68. The molecule has 1 aromatic carbocycles. The third-order valence-corrected chi connectivity index (χ3v) is 4.64. The van der Waals surface area contributed by atoms with Gasteiger partial charge in [0.05, 0.1) is 12.0 Å². The zero-order valence-corrected chi connectivity index (χ0v) is 13.1. The van der Waals surface area contributed by atoms with Gasteiger partial charge in [-0.15, -0.1) is 0 Å². The van der Waals surface area contributed by atoms with Gasteiger partial charge in [-0.05, 0) is 18.4 Å². The Morgan fingerprint density at radius 3 is 2.55 bits per heavy atom. The van der Waals surface area contributed by atoms with Crippen LogP contribution in [0.1, 0.15) is 38.2 Å². The number of benzene rings is 1. The number of aliphatic imine (C=N–C) groups is 1. The summed E-state index contributed by atoms with van der Waals surface area (Å²) in [4.78, 5) is 19.1. The van der Waals surface area contributed by atoms with Gasteiger partial charge in [-0.1, -0.05) is 44.2 Å². The van der Waals surface area contributed by atoms with Crippen molar-refractivity contribution in [1.82, 2.24) is 4.90 Å². The summed E-state index contributed by atoms with van der Waals surface area (Å²) in [6, 6.07) is 12.4. The number of carbonyl (C=O) groups is 1. The van der Waals surface area contributed by atoms with Crippen molar-refractivity contribution < 1.29 is 4.79 Å². The molecule has 4 heteroatoms. The molecule has 1 aliphatic carbocycles. The van der Waals surface area contributed by atoms with Crippen molar-refractivity contribution in [3.8, 4) is 6.07 Å². The first-order chi connectivity index (χ1) is 10.7. The number of hydrogen-bond acceptors (Lipinski definition) is 3. The standard InChI is InChI=1S/C18H21N3O/c1-3-10-20-17-18(12-19)14(13-8-6-5-7-9-13)15(18)16(22)21(17)11-4-2/h5-9,14-15H,3-4,10-11H2,1-2H3/t14-,15+,18+/m1/s1. The second kappa shape index (κ2) is 5.57. The predicted molar refractivity (Wildman–Crippen MR) is 85.3 cm³/mol. The van der Waals surface area contributed by atoms with E-state index in [1.54, 1.807) is 4.90 Å². The van der Waals surface area contributed by atoms with Crippen molar-refractivity contribution >= 4 is 11.7 Å². The maximum atomic E-state index is 12.8. The monoisotopic (exact) mass is 295 g/mol. The Hall–Kier alpha value is -2.15. The number of piperidine rings is 1. The highest BCUT2D eigenvalue weighted by Gasteiger charge is 2.78. The number of nitrogens with zero attached hydrogens (tertiary/aromatic N) is 3. The van der Waals surface area contributed by atoms with Crippen LogP contribution in [-0.2, 0) is 4.79 Å². The first-order valence-electron chi connectivity index (χ1n) is 8.04. The van der Waals surface area contributed by atoms with E-state index in [4.69, 9.17) is 0 Å². The highest BCUT2D eigenvalue weighted by molar-refractivity contribution is 6.17. The highest BCUT2D eigenvalue weighted by Crippen LogP contribution is 2.69. The van der Waals surface area contributed by atoms with Crippen molar-refractivity contribution in [3.63, 3.8) is 0 Å². The lowest BCUT2D eigenvalue weighted by Crippen LogP contribution is -2.37. The molecule has 1 saturated carbocycles. The number of hydrogen-bond donors (Lipinski definition) is 0. The van der Waals surface area contributed by atoms with Crippen LogP contribution in [-0.4, -0.2) is 29.7 Å². The van der Waals surface area contributed by atoms with E-state index in [1.807, 2.05) is 37.3 Å². The van der Waals surface area contributed by atoms with Gasteiger partial charge < -0.3 is 0 Å². The van der Waals surface area contributed by atoms with Crippen molar-refractivity contribution in [2.24, 2.45) is 16.3 Å². The van der Waals surface area contributed by atoms with Crippen LogP contribution in [0.3, 0.4) is 0 Å². The molecule has 2 fully saturated rings. The molecule has 0 bridgehead atoms. The Morgan fingerprint density at radius 1 is 1.23 bits per heavy atom. The molecule has 22 heavy (non-hydrogen) atoms. The van der Waals surface area contributed by atoms with Gasteiger partial charge in [-0.3, -0.25) is 14.7 Å². The number of fused-ring (bicyclic) bond motifs is 1. The van der Waals surface area contributed by atoms with E-state index in [0.29, 0.717) is 18.9 Å². The first-order valence-corrected chi connectivity index (χ1v) is 8.04. The first kappa shape index (κ1) is 14.8. The molecule has 1 aromatic rings. The summed E-state index contributed by atoms with van der Waals surface area (Å²) in [6.45, 7) is 5.43. The van der Waals surface area contributed by atoms with Crippen molar-refractivity contribution in [2.75, 3.05) is 13.1 Å². The fourth-order valence-corrected chi connectivity index (χ4v) is 3.68. The molecule has 3 atom stereocenters. The normalized spacial score (nSPS) is 31.2. The zero-order chi connectivity index (χ0) is 15.7. The van der Waals surface area contributed by atoms with Gasteiger partial charge in [-0.25, -0.2) is 0 Å². The summed E-state index contributed by atoms with van der Waals surface area (Å²) in [5, 5.41) is 9.86. The van der Waals surface area contributed by atoms with Crippen molar-refractivity contribution in [1.29, 1.82) is 5.26 Å². The van der Waals surface area contributed by atoms with E-state index in [9.17, 15) is 10.1 Å². The third kappa shape index (κ3) is 1.89. The topological polar surface area (TPSA) is 56.5 Å². The van der Waals surface area contributed by atoms with Crippen molar-refractivity contribution in [3.05, 3.63) is 35.9 Å². The summed E-state index contributed by atoms with van der Waals surface area (Å²) in [5.74, 6) is 0.506. The Labute approximate surface area is 131 Å². The number of amidine groups is 1. The number of amides is 1. The maximum absolute atomic E-state index is 12.8. The van der Waals surface area contributed by atoms with Crippen LogP contribution in [0.2, 0.25) is 0 Å². The quantitative estimate of drug-likeness (QED) is 0.838. The second-order valence-corrected chi connectivity index (χ2v) is 6.04. The average molecular weight is 295 g/mol. The van der Waals surface area contributed by atoms with Gasteiger partial charge in [-0.2, -0.15) is 5.26 Å². The van der Waals surface area contributed by atoms with Gasteiger partial charge in [0.1, 0.15) is 11.3 Å². The predicted octanol–water partition coefficient (Wildman–Crippen LogP) is 2.97. The summed E-state index contributed by atoms with van der Waals surface area (Å²) in [6.07, 6.45) is 1.79. The van der Waals surface area contributed by atoms with Gasteiger partial charge >= 0.3 is 0 Å². The van der Waals surface area contributed by atoms with Gasteiger partial charge in [0.15, 0.2) is 0 Å². The lowest BCUT2D eigenvalue weighted by Gasteiger charge is -2.23. The largest absolute Gasteiger partial charge is 0.299 e. The highest BCUT2D eigenvalue weighted by atomic mass is 16.2. The van der Waals surface area contributed by atoms with Crippen LogP contribution < -0.4 is 0 Å². The molecule has 0 radical (unpaired) electrons. The molecule has 0 unspecified atom stereocenters. The number of nitriles is 1. The lowest BCUT2D eigenvalue weighted by atomic mass is 9.98. The second-order valence-electron chi connectivity index (χ2n) is 6.04. The molecular formula is C18H21N3O. The molecule has 2 aliphatic rings. The van der Waals surface area contributed by atoms with E-state index in [2.05, 4.69) is 18.0 Å². The van der Waals surface area contributed by atoms with Crippen LogP contribution in [0, 0.1) is 22.7 Å². The average Bonchev–Trinajstić information content (AvgIpc) is 3.18. The van der Waals surface area contributed by atoms with Crippen LogP contribution in [0.15, 0.2) is 35.3 Å². The Morgan fingerprint density at radius 2 is 1.95 bits per heavy atom. The van der Waals surface area contributed by atoms with Gasteiger partial charge in [0.2, 0.25) is 5.91 Å². The molecule has 1 amide bonds. The summed E-state index contributed by atoms with van der Waals surface area (Å²) >= 11 is 0. The number of likely N-dealkylation sites (tertiary alicyclic amines) is 1. The van der Waals surface area contributed by atoms with E-state index in [0.717, 1.165) is 18.4 Å². The molecule has 4 nitrogen and oxygen atoms in total. The van der Waals surface area contributed by atoms with Crippen molar-refractivity contribution in [2.45, 2.75) is 32.6 Å². The molecule has 1 aliphatic heterocycles. The summed E-state index contributed by atoms with van der Waals surface area (Å²) in [7, 11) is 0. The van der Waals surface area contributed by atoms with Crippen LogP contribution in [0.4, 0.5) is 0 Å². The third-order valence-electron chi connectivity index (χ3n) is 4.64. The minimum Gasteiger partial charge on any atom is -0.299 e. The van der Waals surface area contributed by atoms with E-state index in [1.165, 1.54) is 0 Å². The fraction of sp³-hybridized carbons (Fsp3) is 0.500.